The third-order valence-corrected chi connectivity index (χ3v) is 5.99. The fourth-order valence-corrected chi connectivity index (χ4v) is 4.19. The maximum Gasteiger partial charge on any atom is 0.257 e. The summed E-state index contributed by atoms with van der Waals surface area (Å²) < 4.78 is 5.66. The summed E-state index contributed by atoms with van der Waals surface area (Å²) in [6.45, 7) is 2.76. The first-order valence-electron chi connectivity index (χ1n) is 10.9. The van der Waals surface area contributed by atoms with Gasteiger partial charge in [-0.25, -0.2) is 4.98 Å². The molecule has 0 saturated carbocycles. The molecule has 166 valence electrons. The van der Waals surface area contributed by atoms with Crippen LogP contribution in [0.25, 0.3) is 11.3 Å². The number of carbonyl (C=O) groups excluding carboxylic acids is 2. The van der Waals surface area contributed by atoms with Crippen molar-refractivity contribution in [2.24, 2.45) is 0 Å². The number of benzene rings is 3. The molecule has 0 aliphatic heterocycles. The standard InChI is InChI=1S/C27H24N2O3S/c1-2-3-18-32-22-16-14-21(15-17-22)26(31)29-27-28-23(19-10-6-4-7-11-19)25(33-27)24(30)20-12-8-5-9-13-20/h4-17H,2-3,18H2,1H3,(H,28,29,31). The number of hydrogen-bond acceptors (Lipinski definition) is 5. The Hall–Kier alpha value is -3.77. The van der Waals surface area contributed by atoms with E-state index in [1.54, 1.807) is 36.4 Å². The smallest absolute Gasteiger partial charge is 0.257 e. The molecule has 0 radical (unpaired) electrons. The number of ketones is 1. The SMILES string of the molecule is CCCCOc1ccc(C(=O)Nc2nc(-c3ccccc3)c(C(=O)c3ccccc3)s2)cc1. The van der Waals surface area contributed by atoms with Gasteiger partial charge >= 0.3 is 0 Å². The number of thiazole rings is 1. The van der Waals surface area contributed by atoms with E-state index in [1.807, 2.05) is 48.5 Å². The molecule has 3 aromatic carbocycles. The Morgan fingerprint density at radius 3 is 2.21 bits per heavy atom. The van der Waals surface area contributed by atoms with E-state index in [1.165, 1.54) is 11.3 Å². The van der Waals surface area contributed by atoms with Crippen molar-refractivity contribution in [1.82, 2.24) is 4.98 Å². The van der Waals surface area contributed by atoms with Gasteiger partial charge in [0, 0.05) is 16.7 Å². The molecule has 0 saturated heterocycles. The number of nitrogens with zero attached hydrogens (tertiary/aromatic N) is 1. The zero-order valence-electron chi connectivity index (χ0n) is 18.3. The molecule has 0 fully saturated rings. The molecule has 0 aliphatic rings. The first kappa shape index (κ1) is 22.4. The summed E-state index contributed by atoms with van der Waals surface area (Å²) >= 11 is 1.18. The van der Waals surface area contributed by atoms with E-state index in [2.05, 4.69) is 17.2 Å². The van der Waals surface area contributed by atoms with E-state index in [0.717, 1.165) is 24.2 Å². The third kappa shape index (κ3) is 5.54. The third-order valence-electron chi connectivity index (χ3n) is 5.02. The number of anilines is 1. The second kappa shape index (κ2) is 10.7. The lowest BCUT2D eigenvalue weighted by atomic mass is 10.1. The molecule has 4 rings (SSSR count). The van der Waals surface area contributed by atoms with E-state index >= 15 is 0 Å². The van der Waals surface area contributed by atoms with Gasteiger partial charge in [-0.05, 0) is 30.7 Å². The van der Waals surface area contributed by atoms with Crippen molar-refractivity contribution in [3.63, 3.8) is 0 Å². The number of amides is 1. The van der Waals surface area contributed by atoms with Crippen LogP contribution in [0.5, 0.6) is 5.75 Å². The van der Waals surface area contributed by atoms with Gasteiger partial charge in [0.1, 0.15) is 10.6 Å². The van der Waals surface area contributed by atoms with E-state index < -0.39 is 0 Å². The fraction of sp³-hybridized carbons (Fsp3) is 0.148. The first-order valence-corrected chi connectivity index (χ1v) is 11.7. The highest BCUT2D eigenvalue weighted by atomic mass is 32.1. The number of unbranched alkanes of at least 4 members (excludes halogenated alkanes) is 1. The number of rotatable bonds is 9. The Bertz CT molecular complexity index is 1220. The van der Waals surface area contributed by atoms with Gasteiger partial charge in [-0.3, -0.25) is 14.9 Å². The Kier molecular flexibility index (Phi) is 7.27. The molecule has 1 amide bonds. The normalized spacial score (nSPS) is 10.6. The Morgan fingerprint density at radius 2 is 1.55 bits per heavy atom. The number of hydrogen-bond donors (Lipinski definition) is 1. The van der Waals surface area contributed by atoms with E-state index in [0.29, 0.717) is 33.4 Å². The predicted molar refractivity (Wildman–Crippen MR) is 132 cm³/mol. The van der Waals surface area contributed by atoms with Crippen LogP contribution in [0, 0.1) is 0 Å². The molecule has 33 heavy (non-hydrogen) atoms. The van der Waals surface area contributed by atoms with Gasteiger partial charge in [0.15, 0.2) is 5.13 Å². The number of nitrogens with one attached hydrogen (secondary N) is 1. The van der Waals surface area contributed by atoms with Crippen LogP contribution in [0.3, 0.4) is 0 Å². The maximum absolute atomic E-state index is 13.2. The molecule has 6 heteroatoms. The lowest BCUT2D eigenvalue weighted by molar-refractivity contribution is 0.102. The van der Waals surface area contributed by atoms with Gasteiger partial charge in [0.25, 0.3) is 5.91 Å². The van der Waals surface area contributed by atoms with Crippen LogP contribution >= 0.6 is 11.3 Å². The molecule has 0 unspecified atom stereocenters. The van der Waals surface area contributed by atoms with Crippen molar-refractivity contribution >= 4 is 28.2 Å². The van der Waals surface area contributed by atoms with Gasteiger partial charge in [-0.15, -0.1) is 0 Å². The second-order valence-electron chi connectivity index (χ2n) is 7.44. The van der Waals surface area contributed by atoms with Crippen LogP contribution in [-0.2, 0) is 0 Å². The van der Waals surface area contributed by atoms with Crippen LogP contribution in [0.4, 0.5) is 5.13 Å². The van der Waals surface area contributed by atoms with Crippen LogP contribution in [-0.4, -0.2) is 23.3 Å². The summed E-state index contributed by atoms with van der Waals surface area (Å²) in [5.74, 6) is 0.319. The largest absolute Gasteiger partial charge is 0.494 e. The zero-order valence-corrected chi connectivity index (χ0v) is 19.1. The van der Waals surface area contributed by atoms with E-state index in [9.17, 15) is 9.59 Å². The molecule has 0 aliphatic carbocycles. The van der Waals surface area contributed by atoms with E-state index in [4.69, 9.17) is 4.74 Å². The molecule has 0 atom stereocenters. The summed E-state index contributed by atoms with van der Waals surface area (Å²) in [6, 6.07) is 25.6. The minimum Gasteiger partial charge on any atom is -0.494 e. The summed E-state index contributed by atoms with van der Waals surface area (Å²) in [7, 11) is 0. The molecule has 0 bridgehead atoms. The molecule has 0 spiro atoms. The summed E-state index contributed by atoms with van der Waals surface area (Å²) in [5, 5.41) is 3.22. The quantitative estimate of drug-likeness (QED) is 0.231. The van der Waals surface area contributed by atoms with Crippen LogP contribution in [0.15, 0.2) is 84.9 Å². The molecule has 1 N–H and O–H groups in total. The summed E-state index contributed by atoms with van der Waals surface area (Å²) in [6.07, 6.45) is 2.05. The average Bonchev–Trinajstić information content (AvgIpc) is 3.29. The van der Waals surface area contributed by atoms with Crippen molar-refractivity contribution < 1.29 is 14.3 Å². The summed E-state index contributed by atoms with van der Waals surface area (Å²) in [4.78, 5) is 31.1. The van der Waals surface area contributed by atoms with Crippen molar-refractivity contribution in [1.29, 1.82) is 0 Å². The van der Waals surface area contributed by atoms with Crippen molar-refractivity contribution in [3.05, 3.63) is 101 Å². The van der Waals surface area contributed by atoms with Crippen molar-refractivity contribution in [2.75, 3.05) is 11.9 Å². The van der Waals surface area contributed by atoms with Crippen molar-refractivity contribution in [2.45, 2.75) is 19.8 Å². The fourth-order valence-electron chi connectivity index (χ4n) is 3.25. The number of ether oxygens (including phenoxy) is 1. The highest BCUT2D eigenvalue weighted by molar-refractivity contribution is 7.18. The second-order valence-corrected chi connectivity index (χ2v) is 8.44. The molecule has 1 heterocycles. The van der Waals surface area contributed by atoms with Gasteiger partial charge in [0.05, 0.1) is 12.3 Å². The lowest BCUT2D eigenvalue weighted by Gasteiger charge is -2.06. The Morgan fingerprint density at radius 1 is 0.879 bits per heavy atom. The summed E-state index contributed by atoms with van der Waals surface area (Å²) in [5.41, 5.74) is 2.45. The molecule has 4 aromatic rings. The lowest BCUT2D eigenvalue weighted by Crippen LogP contribution is -2.11. The van der Waals surface area contributed by atoms with Gasteiger partial charge < -0.3 is 4.74 Å². The Balaban J connectivity index is 1.57. The van der Waals surface area contributed by atoms with E-state index in [-0.39, 0.29) is 11.7 Å². The zero-order chi connectivity index (χ0) is 23.0. The number of carbonyl (C=O) groups is 2. The first-order chi connectivity index (χ1) is 16.2. The highest BCUT2D eigenvalue weighted by Gasteiger charge is 2.22. The van der Waals surface area contributed by atoms with Crippen LogP contribution < -0.4 is 10.1 Å². The van der Waals surface area contributed by atoms with Gasteiger partial charge in [-0.2, -0.15) is 0 Å². The molecular weight excluding hydrogens is 432 g/mol. The highest BCUT2D eigenvalue weighted by Crippen LogP contribution is 2.33. The minimum atomic E-state index is -0.290. The monoisotopic (exact) mass is 456 g/mol. The van der Waals surface area contributed by atoms with Crippen LogP contribution in [0.2, 0.25) is 0 Å². The van der Waals surface area contributed by atoms with Crippen molar-refractivity contribution in [3.8, 4) is 17.0 Å². The molecular formula is C27H24N2O3S. The molecule has 1 aromatic heterocycles. The minimum absolute atomic E-state index is 0.124. The average molecular weight is 457 g/mol. The number of aromatic nitrogens is 1. The molecule has 5 nitrogen and oxygen atoms in total. The van der Waals surface area contributed by atoms with Gasteiger partial charge in [0.2, 0.25) is 5.78 Å². The van der Waals surface area contributed by atoms with Crippen LogP contribution in [0.1, 0.15) is 45.4 Å². The maximum atomic E-state index is 13.2. The predicted octanol–water partition coefficient (Wildman–Crippen LogP) is 6.47. The Labute approximate surface area is 197 Å². The van der Waals surface area contributed by atoms with Gasteiger partial charge in [-0.1, -0.05) is 85.3 Å². The topological polar surface area (TPSA) is 68.3 Å².